The monoisotopic (exact) mass is 279 g/mol. The number of halogens is 1. The molecule has 0 spiro atoms. The minimum atomic E-state index is 0.827. The minimum absolute atomic E-state index is 0.827. The Kier molecular flexibility index (Phi) is 3.41. The lowest BCUT2D eigenvalue weighted by molar-refractivity contribution is 0.737. The van der Waals surface area contributed by atoms with Gasteiger partial charge in [-0.15, -0.1) is 0 Å². The maximum Gasteiger partial charge on any atom is 0.141 e. The van der Waals surface area contributed by atoms with E-state index in [4.69, 9.17) is 0 Å². The third kappa shape index (κ3) is 2.03. The quantitative estimate of drug-likeness (QED) is 0.936. The van der Waals surface area contributed by atoms with E-state index in [0.717, 1.165) is 22.4 Å². The highest BCUT2D eigenvalue weighted by Crippen LogP contribution is 2.26. The summed E-state index contributed by atoms with van der Waals surface area (Å²) in [5, 5.41) is 3.13. The van der Waals surface area contributed by atoms with Crippen LogP contribution < -0.4 is 5.32 Å². The van der Waals surface area contributed by atoms with Crippen molar-refractivity contribution in [3.63, 3.8) is 0 Å². The van der Waals surface area contributed by atoms with Crippen LogP contribution in [0, 0.1) is 0 Å². The summed E-state index contributed by atoms with van der Waals surface area (Å²) in [7, 11) is 3.97. The highest BCUT2D eigenvalue weighted by atomic mass is 79.9. The van der Waals surface area contributed by atoms with E-state index in [2.05, 4.69) is 36.9 Å². The van der Waals surface area contributed by atoms with E-state index < -0.39 is 0 Å². The molecule has 0 saturated carbocycles. The van der Waals surface area contributed by atoms with Crippen LogP contribution in [0.1, 0.15) is 5.69 Å². The van der Waals surface area contributed by atoms with Gasteiger partial charge in [-0.2, -0.15) is 0 Å². The molecule has 2 aromatic rings. The topological polar surface area (TPSA) is 29.9 Å². The number of aromatic nitrogens is 2. The molecule has 0 unspecified atom stereocenters. The molecule has 0 aliphatic rings. The van der Waals surface area contributed by atoms with Gasteiger partial charge >= 0.3 is 0 Å². The molecule has 0 bridgehead atoms. The van der Waals surface area contributed by atoms with Crippen LogP contribution in [0.25, 0.3) is 11.4 Å². The highest BCUT2D eigenvalue weighted by Gasteiger charge is 2.10. The van der Waals surface area contributed by atoms with Crippen molar-refractivity contribution in [1.82, 2.24) is 14.9 Å². The van der Waals surface area contributed by atoms with Crippen LogP contribution in [0.3, 0.4) is 0 Å². The summed E-state index contributed by atoms with van der Waals surface area (Å²) < 4.78 is 3.18. The minimum Gasteiger partial charge on any atom is -0.330 e. The van der Waals surface area contributed by atoms with Gasteiger partial charge in [-0.25, -0.2) is 4.98 Å². The SMILES string of the molecule is CNCc1cnc(-c2ccccc2Br)n1C. The zero-order valence-corrected chi connectivity index (χ0v) is 11.0. The molecule has 0 aliphatic carbocycles. The molecule has 0 radical (unpaired) electrons. The Morgan fingerprint density at radius 1 is 1.38 bits per heavy atom. The van der Waals surface area contributed by atoms with Gasteiger partial charge < -0.3 is 9.88 Å². The van der Waals surface area contributed by atoms with E-state index >= 15 is 0 Å². The summed E-state index contributed by atoms with van der Waals surface area (Å²) in [6.07, 6.45) is 1.91. The van der Waals surface area contributed by atoms with Gasteiger partial charge in [0.1, 0.15) is 5.82 Å². The van der Waals surface area contributed by atoms with Gasteiger partial charge in [0.05, 0.1) is 11.9 Å². The van der Waals surface area contributed by atoms with Gasteiger partial charge in [-0.05, 0) is 13.1 Å². The fourth-order valence-electron chi connectivity index (χ4n) is 1.68. The Morgan fingerprint density at radius 3 is 2.81 bits per heavy atom. The Morgan fingerprint density at radius 2 is 2.12 bits per heavy atom. The molecule has 2 rings (SSSR count). The zero-order chi connectivity index (χ0) is 11.5. The van der Waals surface area contributed by atoms with Gasteiger partial charge in [-0.1, -0.05) is 34.1 Å². The summed E-state index contributed by atoms with van der Waals surface area (Å²) in [4.78, 5) is 4.46. The lowest BCUT2D eigenvalue weighted by atomic mass is 10.2. The summed E-state index contributed by atoms with van der Waals surface area (Å²) in [5.41, 5.74) is 2.29. The number of nitrogens with one attached hydrogen (secondary N) is 1. The Hall–Kier alpha value is -1.13. The van der Waals surface area contributed by atoms with Gasteiger partial charge in [-0.3, -0.25) is 0 Å². The van der Waals surface area contributed by atoms with Crippen LogP contribution >= 0.6 is 15.9 Å². The first-order valence-electron chi connectivity index (χ1n) is 5.14. The number of imidazole rings is 1. The average Bonchev–Trinajstić information content (AvgIpc) is 2.62. The van der Waals surface area contributed by atoms with Crippen LogP contribution in [0.2, 0.25) is 0 Å². The first-order valence-corrected chi connectivity index (χ1v) is 5.93. The molecule has 0 atom stereocenters. The predicted octanol–water partition coefficient (Wildman–Crippen LogP) is 2.57. The molecule has 1 aromatic carbocycles. The molecule has 0 saturated heterocycles. The Balaban J connectivity index is 2.45. The van der Waals surface area contributed by atoms with Crippen molar-refractivity contribution in [2.24, 2.45) is 7.05 Å². The number of rotatable bonds is 3. The van der Waals surface area contributed by atoms with E-state index in [1.165, 1.54) is 5.69 Å². The third-order valence-electron chi connectivity index (χ3n) is 2.56. The Labute approximate surface area is 104 Å². The van der Waals surface area contributed by atoms with Crippen LogP contribution in [-0.2, 0) is 13.6 Å². The maximum absolute atomic E-state index is 4.46. The highest BCUT2D eigenvalue weighted by molar-refractivity contribution is 9.10. The zero-order valence-electron chi connectivity index (χ0n) is 9.37. The molecule has 4 heteroatoms. The first kappa shape index (κ1) is 11.4. The smallest absolute Gasteiger partial charge is 0.141 e. The van der Waals surface area contributed by atoms with E-state index in [1.807, 2.05) is 38.5 Å². The molecule has 0 aliphatic heterocycles. The van der Waals surface area contributed by atoms with Crippen molar-refractivity contribution in [2.75, 3.05) is 7.05 Å². The van der Waals surface area contributed by atoms with Crippen molar-refractivity contribution in [2.45, 2.75) is 6.54 Å². The van der Waals surface area contributed by atoms with Crippen LogP contribution in [0.4, 0.5) is 0 Å². The van der Waals surface area contributed by atoms with Crippen molar-refractivity contribution in [1.29, 1.82) is 0 Å². The second kappa shape index (κ2) is 4.80. The van der Waals surface area contributed by atoms with Crippen LogP contribution in [-0.4, -0.2) is 16.6 Å². The maximum atomic E-state index is 4.46. The largest absolute Gasteiger partial charge is 0.330 e. The van der Waals surface area contributed by atoms with Gasteiger partial charge in [0.25, 0.3) is 0 Å². The van der Waals surface area contributed by atoms with Gasteiger partial charge in [0.2, 0.25) is 0 Å². The molecule has 84 valence electrons. The van der Waals surface area contributed by atoms with E-state index in [0.29, 0.717) is 0 Å². The summed E-state index contributed by atoms with van der Waals surface area (Å²) >= 11 is 3.55. The van der Waals surface area contributed by atoms with Crippen molar-refractivity contribution in [3.8, 4) is 11.4 Å². The molecule has 0 fully saturated rings. The fourth-order valence-corrected chi connectivity index (χ4v) is 2.15. The molecule has 0 amide bonds. The van der Waals surface area contributed by atoms with Crippen LogP contribution in [0.15, 0.2) is 34.9 Å². The normalized spacial score (nSPS) is 10.7. The molecule has 16 heavy (non-hydrogen) atoms. The first-order chi connectivity index (χ1) is 7.74. The fraction of sp³-hybridized carbons (Fsp3) is 0.250. The van der Waals surface area contributed by atoms with Crippen molar-refractivity contribution < 1.29 is 0 Å². The summed E-state index contributed by atoms with van der Waals surface area (Å²) in [6, 6.07) is 8.12. The van der Waals surface area contributed by atoms with Gasteiger partial charge in [0, 0.05) is 23.6 Å². The molecule has 1 heterocycles. The van der Waals surface area contributed by atoms with Crippen LogP contribution in [0.5, 0.6) is 0 Å². The number of hydrogen-bond acceptors (Lipinski definition) is 2. The lowest BCUT2D eigenvalue weighted by Crippen LogP contribution is -2.09. The molecule has 3 nitrogen and oxygen atoms in total. The number of nitrogens with zero attached hydrogens (tertiary/aromatic N) is 2. The van der Waals surface area contributed by atoms with Crippen molar-refractivity contribution in [3.05, 3.63) is 40.6 Å². The standard InChI is InChI=1S/C12H14BrN3/c1-14-7-9-8-15-12(16(9)2)10-5-3-4-6-11(10)13/h3-6,8,14H,7H2,1-2H3. The number of hydrogen-bond donors (Lipinski definition) is 1. The summed E-state index contributed by atoms with van der Waals surface area (Å²) in [5.74, 6) is 0.984. The molecular formula is C12H14BrN3. The number of benzene rings is 1. The second-order valence-corrected chi connectivity index (χ2v) is 4.50. The third-order valence-corrected chi connectivity index (χ3v) is 3.25. The molecule has 1 aromatic heterocycles. The summed E-state index contributed by atoms with van der Waals surface area (Å²) in [6.45, 7) is 0.827. The predicted molar refractivity (Wildman–Crippen MR) is 69.1 cm³/mol. The second-order valence-electron chi connectivity index (χ2n) is 3.64. The van der Waals surface area contributed by atoms with Crippen molar-refractivity contribution >= 4 is 15.9 Å². The molecular weight excluding hydrogens is 266 g/mol. The van der Waals surface area contributed by atoms with E-state index in [9.17, 15) is 0 Å². The average molecular weight is 280 g/mol. The van der Waals surface area contributed by atoms with E-state index in [-0.39, 0.29) is 0 Å². The molecule has 1 N–H and O–H groups in total. The van der Waals surface area contributed by atoms with Gasteiger partial charge in [0.15, 0.2) is 0 Å². The lowest BCUT2D eigenvalue weighted by Gasteiger charge is -2.07. The van der Waals surface area contributed by atoms with E-state index in [1.54, 1.807) is 0 Å². The Bertz CT molecular complexity index is 491.